The molecule has 22 heavy (non-hydrogen) atoms. The van der Waals surface area contributed by atoms with Gasteiger partial charge >= 0.3 is 11.9 Å². The number of carbonyl (C=O) groups excluding carboxylic acids is 2. The van der Waals surface area contributed by atoms with E-state index in [4.69, 9.17) is 9.47 Å². The van der Waals surface area contributed by atoms with Crippen LogP contribution in [0.1, 0.15) is 66.7 Å². The van der Waals surface area contributed by atoms with Crippen LogP contribution < -0.4 is 0 Å². The number of rotatable bonds is 7. The Hall–Kier alpha value is -1.06. The van der Waals surface area contributed by atoms with Crippen LogP contribution in [-0.4, -0.2) is 25.2 Å². The monoisotopic (exact) mass is 312 g/mol. The Labute approximate surface area is 134 Å². The molecule has 0 N–H and O–H groups in total. The van der Waals surface area contributed by atoms with E-state index in [1.54, 1.807) is 6.92 Å². The van der Waals surface area contributed by atoms with Crippen molar-refractivity contribution in [2.75, 3.05) is 13.2 Å². The van der Waals surface area contributed by atoms with Crippen molar-refractivity contribution in [2.45, 2.75) is 66.7 Å². The van der Waals surface area contributed by atoms with Crippen LogP contribution in [0.4, 0.5) is 0 Å². The fourth-order valence-electron chi connectivity index (χ4n) is 2.88. The van der Waals surface area contributed by atoms with E-state index < -0.39 is 17.4 Å². The van der Waals surface area contributed by atoms with Gasteiger partial charge in [0.2, 0.25) is 0 Å². The molecule has 1 saturated carbocycles. The second-order valence-corrected chi connectivity index (χ2v) is 7.52. The van der Waals surface area contributed by atoms with E-state index in [9.17, 15) is 9.59 Å². The Morgan fingerprint density at radius 3 is 1.68 bits per heavy atom. The van der Waals surface area contributed by atoms with Gasteiger partial charge in [0.1, 0.15) is 0 Å². The molecule has 4 heteroatoms. The van der Waals surface area contributed by atoms with Crippen LogP contribution in [0.25, 0.3) is 0 Å². The highest BCUT2D eigenvalue weighted by Gasteiger charge is 2.50. The van der Waals surface area contributed by atoms with Crippen LogP contribution in [0.15, 0.2) is 0 Å². The van der Waals surface area contributed by atoms with Crippen LogP contribution >= 0.6 is 0 Å². The van der Waals surface area contributed by atoms with E-state index in [-0.39, 0.29) is 17.8 Å². The van der Waals surface area contributed by atoms with Gasteiger partial charge in [-0.3, -0.25) is 9.59 Å². The first-order chi connectivity index (χ1) is 10.3. The second-order valence-electron chi connectivity index (χ2n) is 7.52. The van der Waals surface area contributed by atoms with E-state index in [0.29, 0.717) is 13.2 Å². The third-order valence-electron chi connectivity index (χ3n) is 4.37. The third kappa shape index (κ3) is 4.99. The maximum Gasteiger partial charge on any atom is 0.323 e. The first kappa shape index (κ1) is 19.0. The number of esters is 2. The predicted molar refractivity (Wildman–Crippen MR) is 86.3 cm³/mol. The van der Waals surface area contributed by atoms with E-state index >= 15 is 0 Å². The Bertz CT molecular complexity index is 343. The van der Waals surface area contributed by atoms with Crippen LogP contribution in [-0.2, 0) is 19.1 Å². The molecular weight excluding hydrogens is 280 g/mol. The summed E-state index contributed by atoms with van der Waals surface area (Å²) >= 11 is 0. The zero-order valence-electron chi connectivity index (χ0n) is 14.8. The molecule has 1 aliphatic rings. The normalized spacial score (nSPS) is 16.9. The lowest BCUT2D eigenvalue weighted by Gasteiger charge is -2.36. The minimum Gasteiger partial charge on any atom is -0.465 e. The Morgan fingerprint density at radius 1 is 0.909 bits per heavy atom. The van der Waals surface area contributed by atoms with Crippen molar-refractivity contribution in [3.63, 3.8) is 0 Å². The van der Waals surface area contributed by atoms with Gasteiger partial charge in [-0.2, -0.15) is 0 Å². The Balaban J connectivity index is 2.87. The highest BCUT2D eigenvalue weighted by molar-refractivity contribution is 6.00. The summed E-state index contributed by atoms with van der Waals surface area (Å²) in [5, 5.41) is 0. The molecule has 0 radical (unpaired) electrons. The molecule has 0 aliphatic heterocycles. The lowest BCUT2D eigenvalue weighted by atomic mass is 9.69. The summed E-state index contributed by atoms with van der Waals surface area (Å²) in [6, 6.07) is 0. The highest BCUT2D eigenvalue weighted by Crippen LogP contribution is 2.40. The minimum absolute atomic E-state index is 0.0283. The van der Waals surface area contributed by atoms with Crippen molar-refractivity contribution in [3.8, 4) is 0 Å². The second kappa shape index (κ2) is 8.54. The maximum atomic E-state index is 12.6. The van der Waals surface area contributed by atoms with Crippen molar-refractivity contribution in [1.29, 1.82) is 0 Å². The van der Waals surface area contributed by atoms with E-state index in [0.717, 1.165) is 25.7 Å². The molecule has 1 fully saturated rings. The summed E-state index contributed by atoms with van der Waals surface area (Å²) in [5.74, 6) is -0.290. The van der Waals surface area contributed by atoms with Crippen molar-refractivity contribution in [1.82, 2.24) is 0 Å². The quantitative estimate of drug-likeness (QED) is 0.527. The zero-order valence-corrected chi connectivity index (χ0v) is 14.8. The lowest BCUT2D eigenvalue weighted by molar-refractivity contribution is -0.178. The lowest BCUT2D eigenvalue weighted by Crippen LogP contribution is -2.46. The molecule has 0 heterocycles. The Kier molecular flexibility index (Phi) is 7.37. The number of hydrogen-bond acceptors (Lipinski definition) is 4. The topological polar surface area (TPSA) is 52.6 Å². The highest BCUT2D eigenvalue weighted by atomic mass is 16.6. The molecule has 1 rings (SSSR count). The van der Waals surface area contributed by atoms with Crippen molar-refractivity contribution < 1.29 is 19.1 Å². The van der Waals surface area contributed by atoms with Crippen LogP contribution in [0.2, 0.25) is 0 Å². The van der Waals surface area contributed by atoms with Gasteiger partial charge in [-0.1, -0.05) is 47.0 Å². The first-order valence-electron chi connectivity index (χ1n) is 8.62. The van der Waals surface area contributed by atoms with Gasteiger partial charge in [-0.25, -0.2) is 0 Å². The fraction of sp³-hybridized carbons (Fsp3) is 0.889. The van der Waals surface area contributed by atoms with Crippen molar-refractivity contribution in [2.24, 2.45) is 23.2 Å². The standard InChI is InChI=1S/C18H32O4/c1-13(2)11-21-16(19)18(5,15-9-7-6-8-10-15)17(20)22-12-14(3)4/h13-15H,6-12H2,1-5H3. The summed E-state index contributed by atoms with van der Waals surface area (Å²) in [4.78, 5) is 25.3. The summed E-state index contributed by atoms with van der Waals surface area (Å²) in [6.45, 7) is 10.4. The summed E-state index contributed by atoms with van der Waals surface area (Å²) in [6.07, 6.45) is 5.09. The van der Waals surface area contributed by atoms with Gasteiger partial charge in [-0.05, 0) is 37.5 Å². The SMILES string of the molecule is CC(C)COC(=O)C(C)(C(=O)OCC(C)C)C1CCCCC1. The van der Waals surface area contributed by atoms with Gasteiger partial charge in [0.15, 0.2) is 5.41 Å². The molecule has 0 spiro atoms. The molecule has 0 unspecified atom stereocenters. The van der Waals surface area contributed by atoms with Gasteiger partial charge < -0.3 is 9.47 Å². The van der Waals surface area contributed by atoms with Gasteiger partial charge in [0, 0.05) is 0 Å². The van der Waals surface area contributed by atoms with Crippen molar-refractivity contribution >= 4 is 11.9 Å². The average Bonchev–Trinajstić information content (AvgIpc) is 2.50. The molecule has 0 bridgehead atoms. The van der Waals surface area contributed by atoms with E-state index in [2.05, 4.69) is 0 Å². The third-order valence-corrected chi connectivity index (χ3v) is 4.37. The molecule has 0 atom stereocenters. The molecule has 0 aromatic rings. The molecular formula is C18H32O4. The van der Waals surface area contributed by atoms with Crippen LogP contribution in [0, 0.1) is 23.2 Å². The number of carbonyl (C=O) groups is 2. The molecule has 1 aliphatic carbocycles. The molecule has 0 aromatic carbocycles. The van der Waals surface area contributed by atoms with Gasteiger partial charge in [0.05, 0.1) is 13.2 Å². The zero-order chi connectivity index (χ0) is 16.8. The molecule has 4 nitrogen and oxygen atoms in total. The number of hydrogen-bond donors (Lipinski definition) is 0. The largest absolute Gasteiger partial charge is 0.465 e. The van der Waals surface area contributed by atoms with Crippen molar-refractivity contribution in [3.05, 3.63) is 0 Å². The smallest absolute Gasteiger partial charge is 0.323 e. The Morgan fingerprint density at radius 2 is 1.32 bits per heavy atom. The predicted octanol–water partition coefficient (Wildman–Crippen LogP) is 3.97. The summed E-state index contributed by atoms with van der Waals surface area (Å²) in [5.41, 5.74) is -1.16. The summed E-state index contributed by atoms with van der Waals surface area (Å²) < 4.78 is 10.8. The number of ether oxygens (including phenoxy) is 2. The van der Waals surface area contributed by atoms with Gasteiger partial charge in [-0.15, -0.1) is 0 Å². The fourth-order valence-corrected chi connectivity index (χ4v) is 2.88. The average molecular weight is 312 g/mol. The van der Waals surface area contributed by atoms with E-state index in [1.165, 1.54) is 6.42 Å². The van der Waals surface area contributed by atoms with Crippen LogP contribution in [0.5, 0.6) is 0 Å². The molecule has 128 valence electrons. The first-order valence-corrected chi connectivity index (χ1v) is 8.62. The van der Waals surface area contributed by atoms with Crippen LogP contribution in [0.3, 0.4) is 0 Å². The van der Waals surface area contributed by atoms with Gasteiger partial charge in [0.25, 0.3) is 0 Å². The molecule has 0 aromatic heterocycles. The summed E-state index contributed by atoms with van der Waals surface area (Å²) in [7, 11) is 0. The molecule has 0 saturated heterocycles. The minimum atomic E-state index is -1.16. The maximum absolute atomic E-state index is 12.6. The molecule has 0 amide bonds. The van der Waals surface area contributed by atoms with E-state index in [1.807, 2.05) is 27.7 Å².